The van der Waals surface area contributed by atoms with Gasteiger partial charge in [0.25, 0.3) is 5.69 Å². The third-order valence-corrected chi connectivity index (χ3v) is 2.54. The molecule has 2 N–H and O–H groups in total. The Hall–Kier alpha value is -1.42. The topological polar surface area (TPSA) is 69.2 Å². The number of nitro groups is 1. The highest BCUT2D eigenvalue weighted by molar-refractivity contribution is 5.40. The quantitative estimate of drug-likeness (QED) is 0.613. The molecule has 1 atom stereocenters. The first-order valence-electron chi connectivity index (χ1n) is 4.94. The van der Waals surface area contributed by atoms with E-state index in [0.29, 0.717) is 5.92 Å². The van der Waals surface area contributed by atoms with Crippen LogP contribution in [-0.4, -0.2) is 4.92 Å². The fraction of sp³-hybridized carbons (Fsp3) is 0.455. The van der Waals surface area contributed by atoms with Gasteiger partial charge < -0.3 is 5.73 Å². The van der Waals surface area contributed by atoms with Gasteiger partial charge in [-0.2, -0.15) is 0 Å². The number of rotatable bonds is 3. The van der Waals surface area contributed by atoms with Crippen molar-refractivity contribution < 1.29 is 4.92 Å². The van der Waals surface area contributed by atoms with Gasteiger partial charge in [-0.15, -0.1) is 0 Å². The minimum absolute atomic E-state index is 0.0641. The third kappa shape index (κ3) is 2.53. The van der Waals surface area contributed by atoms with Crippen LogP contribution in [0.5, 0.6) is 0 Å². The molecule has 0 saturated heterocycles. The van der Waals surface area contributed by atoms with Gasteiger partial charge in [0.1, 0.15) is 0 Å². The van der Waals surface area contributed by atoms with Crippen molar-refractivity contribution in [1.82, 2.24) is 0 Å². The van der Waals surface area contributed by atoms with Crippen LogP contribution in [0.4, 0.5) is 5.69 Å². The van der Waals surface area contributed by atoms with Crippen LogP contribution in [0.3, 0.4) is 0 Å². The molecule has 1 aromatic rings. The summed E-state index contributed by atoms with van der Waals surface area (Å²) < 4.78 is 0. The lowest BCUT2D eigenvalue weighted by atomic mass is 9.93. The SMILES string of the molecule is Cc1cc([N+](=O)[O-])ccc1[C@H](N)C(C)C. The summed E-state index contributed by atoms with van der Waals surface area (Å²) >= 11 is 0. The lowest BCUT2D eigenvalue weighted by Crippen LogP contribution is -2.17. The highest BCUT2D eigenvalue weighted by atomic mass is 16.6. The van der Waals surface area contributed by atoms with Crippen LogP contribution in [0.2, 0.25) is 0 Å². The first-order valence-corrected chi connectivity index (χ1v) is 4.94. The second-order valence-electron chi connectivity index (χ2n) is 4.07. The van der Waals surface area contributed by atoms with E-state index < -0.39 is 4.92 Å². The average Bonchev–Trinajstić information content (AvgIpc) is 2.16. The molecule has 4 nitrogen and oxygen atoms in total. The summed E-state index contributed by atoms with van der Waals surface area (Å²) in [5, 5.41) is 10.5. The summed E-state index contributed by atoms with van der Waals surface area (Å²) in [4.78, 5) is 10.2. The first-order chi connectivity index (χ1) is 6.93. The lowest BCUT2D eigenvalue weighted by Gasteiger charge is -2.17. The molecule has 0 amide bonds. The van der Waals surface area contributed by atoms with E-state index in [1.165, 1.54) is 6.07 Å². The zero-order chi connectivity index (χ0) is 11.6. The highest BCUT2D eigenvalue weighted by Gasteiger charge is 2.15. The van der Waals surface area contributed by atoms with Crippen molar-refractivity contribution in [2.45, 2.75) is 26.8 Å². The first kappa shape index (κ1) is 11.7. The van der Waals surface area contributed by atoms with Crippen molar-refractivity contribution in [2.24, 2.45) is 11.7 Å². The minimum Gasteiger partial charge on any atom is -0.324 e. The van der Waals surface area contributed by atoms with Crippen LogP contribution >= 0.6 is 0 Å². The molecule has 0 heterocycles. The predicted octanol–water partition coefficient (Wildman–Crippen LogP) is 2.56. The van der Waals surface area contributed by atoms with Gasteiger partial charge >= 0.3 is 0 Å². The molecule has 82 valence electrons. The minimum atomic E-state index is -0.391. The number of nitrogens with two attached hydrogens (primary N) is 1. The molecule has 0 bridgehead atoms. The molecular weight excluding hydrogens is 192 g/mol. The second kappa shape index (κ2) is 4.40. The largest absolute Gasteiger partial charge is 0.324 e. The van der Waals surface area contributed by atoms with Gasteiger partial charge in [0.05, 0.1) is 4.92 Å². The summed E-state index contributed by atoms with van der Waals surface area (Å²) in [7, 11) is 0. The van der Waals surface area contributed by atoms with Crippen LogP contribution < -0.4 is 5.73 Å². The van der Waals surface area contributed by atoms with Crippen LogP contribution in [0.15, 0.2) is 18.2 Å². The Morgan fingerprint density at radius 1 is 1.40 bits per heavy atom. The van der Waals surface area contributed by atoms with Crippen molar-refractivity contribution >= 4 is 5.69 Å². The van der Waals surface area contributed by atoms with E-state index >= 15 is 0 Å². The van der Waals surface area contributed by atoms with Gasteiger partial charge in [0.2, 0.25) is 0 Å². The zero-order valence-corrected chi connectivity index (χ0v) is 9.23. The van der Waals surface area contributed by atoms with Crippen LogP contribution in [-0.2, 0) is 0 Å². The lowest BCUT2D eigenvalue weighted by molar-refractivity contribution is -0.384. The number of nitrogens with zero attached hydrogens (tertiary/aromatic N) is 1. The molecule has 4 heteroatoms. The normalized spacial score (nSPS) is 12.9. The molecule has 0 fully saturated rings. The Balaban J connectivity index is 3.08. The number of hydrogen-bond acceptors (Lipinski definition) is 3. The van der Waals surface area contributed by atoms with E-state index in [2.05, 4.69) is 0 Å². The summed E-state index contributed by atoms with van der Waals surface area (Å²) in [5.41, 5.74) is 7.97. The highest BCUT2D eigenvalue weighted by Crippen LogP contribution is 2.25. The van der Waals surface area contributed by atoms with Crippen LogP contribution in [0.25, 0.3) is 0 Å². The van der Waals surface area contributed by atoms with Crippen LogP contribution in [0.1, 0.15) is 31.0 Å². The van der Waals surface area contributed by atoms with E-state index in [-0.39, 0.29) is 11.7 Å². The van der Waals surface area contributed by atoms with Crippen LogP contribution in [0, 0.1) is 23.0 Å². The Morgan fingerprint density at radius 3 is 2.40 bits per heavy atom. The summed E-state index contributed by atoms with van der Waals surface area (Å²) in [6, 6.07) is 4.76. The monoisotopic (exact) mass is 208 g/mol. The third-order valence-electron chi connectivity index (χ3n) is 2.54. The van der Waals surface area contributed by atoms with Gasteiger partial charge in [0.15, 0.2) is 0 Å². The summed E-state index contributed by atoms with van der Waals surface area (Å²) in [6.45, 7) is 5.92. The van der Waals surface area contributed by atoms with Crippen molar-refractivity contribution in [2.75, 3.05) is 0 Å². The van der Waals surface area contributed by atoms with Gasteiger partial charge in [-0.25, -0.2) is 0 Å². The molecule has 0 saturated carbocycles. The standard InChI is InChI=1S/C11H16N2O2/c1-7(2)11(12)10-5-4-9(13(14)15)6-8(10)3/h4-7,11H,12H2,1-3H3/t11-/m1/s1. The summed E-state index contributed by atoms with van der Waals surface area (Å²) in [5.74, 6) is 0.324. The predicted molar refractivity (Wildman–Crippen MR) is 59.6 cm³/mol. The van der Waals surface area contributed by atoms with Gasteiger partial charge in [-0.05, 0) is 24.0 Å². The molecule has 1 aromatic carbocycles. The van der Waals surface area contributed by atoms with E-state index in [0.717, 1.165) is 11.1 Å². The number of benzene rings is 1. The zero-order valence-electron chi connectivity index (χ0n) is 9.23. The Bertz CT molecular complexity index is 375. The van der Waals surface area contributed by atoms with Gasteiger partial charge in [-0.3, -0.25) is 10.1 Å². The summed E-state index contributed by atoms with van der Waals surface area (Å²) in [6.07, 6.45) is 0. The molecule has 0 radical (unpaired) electrons. The number of hydrogen-bond donors (Lipinski definition) is 1. The van der Waals surface area contributed by atoms with Gasteiger partial charge in [-0.1, -0.05) is 19.9 Å². The number of non-ortho nitro benzene ring substituents is 1. The molecule has 1 rings (SSSR count). The molecule has 0 aliphatic carbocycles. The molecule has 0 aliphatic rings. The Labute approximate surface area is 89.2 Å². The average molecular weight is 208 g/mol. The molecule has 0 aliphatic heterocycles. The smallest absolute Gasteiger partial charge is 0.269 e. The number of nitro benzene ring substituents is 1. The van der Waals surface area contributed by atoms with E-state index in [1.54, 1.807) is 12.1 Å². The Morgan fingerprint density at radius 2 is 2.00 bits per heavy atom. The fourth-order valence-electron chi connectivity index (χ4n) is 1.51. The fourth-order valence-corrected chi connectivity index (χ4v) is 1.51. The van der Waals surface area contributed by atoms with Crippen molar-refractivity contribution in [3.05, 3.63) is 39.4 Å². The maximum atomic E-state index is 10.5. The van der Waals surface area contributed by atoms with Gasteiger partial charge in [0, 0.05) is 18.2 Å². The maximum absolute atomic E-state index is 10.5. The molecule has 0 spiro atoms. The number of aryl methyl sites for hydroxylation is 1. The molecule has 0 unspecified atom stereocenters. The van der Waals surface area contributed by atoms with Crippen molar-refractivity contribution in [3.63, 3.8) is 0 Å². The van der Waals surface area contributed by atoms with E-state index in [4.69, 9.17) is 5.73 Å². The maximum Gasteiger partial charge on any atom is 0.269 e. The Kier molecular flexibility index (Phi) is 3.42. The molecule has 15 heavy (non-hydrogen) atoms. The molecule has 0 aromatic heterocycles. The van der Waals surface area contributed by atoms with Crippen molar-refractivity contribution in [1.29, 1.82) is 0 Å². The second-order valence-corrected chi connectivity index (χ2v) is 4.07. The molecular formula is C11H16N2O2. The van der Waals surface area contributed by atoms with Crippen molar-refractivity contribution in [3.8, 4) is 0 Å². The van der Waals surface area contributed by atoms with E-state index in [9.17, 15) is 10.1 Å². The van der Waals surface area contributed by atoms with E-state index in [1.807, 2.05) is 20.8 Å².